The van der Waals surface area contributed by atoms with Crippen molar-refractivity contribution < 1.29 is 8.42 Å². The van der Waals surface area contributed by atoms with Gasteiger partial charge in [0, 0.05) is 11.1 Å². The SMILES string of the molecule is N#C/C(=C\c1cc(-c2nc3ccccc3nc2-c2ccccc2)ccc1-c1cccc2ccccc12)S(=O)(=O)c1ccccc1. The highest BCUT2D eigenvalue weighted by molar-refractivity contribution is 7.95. The van der Waals surface area contributed by atoms with Gasteiger partial charge in [-0.3, -0.25) is 0 Å². The normalized spacial score (nSPS) is 11.8. The summed E-state index contributed by atoms with van der Waals surface area (Å²) in [7, 11) is -4.08. The molecule has 1 heterocycles. The molecular weight excluding hydrogens is 575 g/mol. The summed E-state index contributed by atoms with van der Waals surface area (Å²) in [6.45, 7) is 0. The zero-order valence-electron chi connectivity index (χ0n) is 24.0. The lowest BCUT2D eigenvalue weighted by molar-refractivity contribution is 0.603. The van der Waals surface area contributed by atoms with E-state index in [0.29, 0.717) is 17.0 Å². The second-order valence-electron chi connectivity index (χ2n) is 10.5. The summed E-state index contributed by atoms with van der Waals surface area (Å²) in [6.07, 6.45) is 1.47. The minimum atomic E-state index is -4.08. The van der Waals surface area contributed by atoms with Crippen molar-refractivity contribution in [3.8, 4) is 39.7 Å². The number of aromatic nitrogens is 2. The van der Waals surface area contributed by atoms with Gasteiger partial charge in [0.05, 0.1) is 27.3 Å². The number of hydrogen-bond acceptors (Lipinski definition) is 5. The molecule has 0 N–H and O–H groups in total. The predicted molar refractivity (Wildman–Crippen MR) is 181 cm³/mol. The van der Waals surface area contributed by atoms with Gasteiger partial charge in [-0.25, -0.2) is 18.4 Å². The number of nitriles is 1. The number of benzene rings is 6. The van der Waals surface area contributed by atoms with Gasteiger partial charge in [0.2, 0.25) is 9.84 Å². The average Bonchev–Trinajstić information content (AvgIpc) is 3.10. The van der Waals surface area contributed by atoms with Crippen molar-refractivity contribution in [3.63, 3.8) is 0 Å². The zero-order chi connectivity index (χ0) is 30.8. The van der Waals surface area contributed by atoms with E-state index < -0.39 is 9.84 Å². The van der Waals surface area contributed by atoms with Crippen LogP contribution in [-0.4, -0.2) is 18.4 Å². The number of nitrogens with zero attached hydrogens (tertiary/aromatic N) is 3. The molecule has 0 radical (unpaired) electrons. The Morgan fingerprint density at radius 2 is 1.20 bits per heavy atom. The molecule has 0 aliphatic carbocycles. The molecule has 7 aromatic rings. The highest BCUT2D eigenvalue weighted by Gasteiger charge is 2.22. The van der Waals surface area contributed by atoms with Gasteiger partial charge in [-0.2, -0.15) is 5.26 Å². The van der Waals surface area contributed by atoms with Gasteiger partial charge in [-0.05, 0) is 63.9 Å². The van der Waals surface area contributed by atoms with Crippen molar-refractivity contribution in [2.45, 2.75) is 4.90 Å². The van der Waals surface area contributed by atoms with Gasteiger partial charge >= 0.3 is 0 Å². The van der Waals surface area contributed by atoms with Gasteiger partial charge in [0.25, 0.3) is 0 Å². The van der Waals surface area contributed by atoms with Crippen LogP contribution in [0.25, 0.3) is 61.5 Å². The van der Waals surface area contributed by atoms with E-state index in [2.05, 4.69) is 0 Å². The number of hydrogen-bond donors (Lipinski definition) is 0. The van der Waals surface area contributed by atoms with Crippen molar-refractivity contribution >= 4 is 37.7 Å². The van der Waals surface area contributed by atoms with E-state index in [4.69, 9.17) is 9.97 Å². The Kier molecular flexibility index (Phi) is 7.22. The summed E-state index contributed by atoms with van der Waals surface area (Å²) in [6, 6.07) is 47.5. The first-order valence-electron chi connectivity index (χ1n) is 14.4. The molecule has 0 unspecified atom stereocenters. The third kappa shape index (κ3) is 5.27. The number of sulfone groups is 1. The Morgan fingerprint density at radius 3 is 1.91 bits per heavy atom. The summed E-state index contributed by atoms with van der Waals surface area (Å²) >= 11 is 0. The average molecular weight is 600 g/mol. The van der Waals surface area contributed by atoms with Crippen LogP contribution < -0.4 is 0 Å². The van der Waals surface area contributed by atoms with Gasteiger partial charge in [-0.1, -0.05) is 115 Å². The van der Waals surface area contributed by atoms with Gasteiger partial charge in [0.1, 0.15) is 11.0 Å². The molecule has 0 bridgehead atoms. The molecule has 45 heavy (non-hydrogen) atoms. The lowest BCUT2D eigenvalue weighted by atomic mass is 9.92. The molecule has 7 rings (SSSR count). The number of fused-ring (bicyclic) bond motifs is 2. The maximum atomic E-state index is 13.7. The Balaban J connectivity index is 1.51. The third-order valence-corrected chi connectivity index (χ3v) is 9.44. The van der Waals surface area contributed by atoms with E-state index in [-0.39, 0.29) is 9.80 Å². The van der Waals surface area contributed by atoms with Crippen LogP contribution in [0.1, 0.15) is 5.56 Å². The van der Waals surface area contributed by atoms with Crippen LogP contribution in [0.5, 0.6) is 0 Å². The lowest BCUT2D eigenvalue weighted by Crippen LogP contribution is -2.03. The van der Waals surface area contributed by atoms with Crippen LogP contribution in [0.3, 0.4) is 0 Å². The minimum Gasteiger partial charge on any atom is -0.244 e. The largest absolute Gasteiger partial charge is 0.244 e. The van der Waals surface area contributed by atoms with Crippen molar-refractivity contribution in [3.05, 3.63) is 156 Å². The summed E-state index contributed by atoms with van der Waals surface area (Å²) in [4.78, 5) is 9.76. The molecule has 6 heteroatoms. The van der Waals surface area contributed by atoms with E-state index >= 15 is 0 Å². The van der Waals surface area contributed by atoms with Crippen LogP contribution in [0.15, 0.2) is 155 Å². The lowest BCUT2D eigenvalue weighted by Gasteiger charge is -2.15. The van der Waals surface area contributed by atoms with Crippen LogP contribution >= 0.6 is 0 Å². The molecular formula is C39H25N3O2S. The Hall–Kier alpha value is -5.90. The number of para-hydroxylation sites is 2. The second kappa shape index (κ2) is 11.6. The van der Waals surface area contributed by atoms with Crippen molar-refractivity contribution in [1.29, 1.82) is 5.26 Å². The van der Waals surface area contributed by atoms with Gasteiger partial charge in [-0.15, -0.1) is 0 Å². The van der Waals surface area contributed by atoms with Gasteiger partial charge in [0.15, 0.2) is 0 Å². The Morgan fingerprint density at radius 1 is 0.600 bits per heavy atom. The first kappa shape index (κ1) is 27.9. The first-order valence-corrected chi connectivity index (χ1v) is 15.9. The van der Waals surface area contributed by atoms with E-state index in [1.807, 2.05) is 121 Å². The maximum absolute atomic E-state index is 13.7. The highest BCUT2D eigenvalue weighted by atomic mass is 32.2. The summed E-state index contributed by atoms with van der Waals surface area (Å²) in [5.74, 6) is 0. The first-order chi connectivity index (χ1) is 22.0. The van der Waals surface area contributed by atoms with E-state index in [1.165, 1.54) is 18.2 Å². The molecule has 0 saturated carbocycles. The fourth-order valence-electron chi connectivity index (χ4n) is 5.57. The second-order valence-corrected chi connectivity index (χ2v) is 12.5. The smallest absolute Gasteiger partial charge is 0.216 e. The van der Waals surface area contributed by atoms with E-state index in [0.717, 1.165) is 44.1 Å². The van der Waals surface area contributed by atoms with Crippen LogP contribution in [0.4, 0.5) is 0 Å². The van der Waals surface area contributed by atoms with Gasteiger partial charge < -0.3 is 0 Å². The summed E-state index contributed by atoms with van der Waals surface area (Å²) < 4.78 is 27.3. The fraction of sp³-hybridized carbons (Fsp3) is 0. The Labute approximate surface area is 261 Å². The fourth-order valence-corrected chi connectivity index (χ4v) is 6.74. The topological polar surface area (TPSA) is 83.7 Å². The van der Waals surface area contributed by atoms with Crippen LogP contribution in [0, 0.1) is 11.3 Å². The molecule has 0 aliphatic heterocycles. The molecule has 0 atom stereocenters. The molecule has 0 saturated heterocycles. The molecule has 0 aliphatic rings. The molecule has 1 aromatic heterocycles. The zero-order valence-corrected chi connectivity index (χ0v) is 24.8. The quantitative estimate of drug-likeness (QED) is 0.178. The number of allylic oxidation sites excluding steroid dienone is 1. The molecule has 214 valence electrons. The van der Waals surface area contributed by atoms with Crippen molar-refractivity contribution in [2.75, 3.05) is 0 Å². The molecule has 0 amide bonds. The monoisotopic (exact) mass is 599 g/mol. The van der Waals surface area contributed by atoms with E-state index in [1.54, 1.807) is 18.2 Å². The van der Waals surface area contributed by atoms with Crippen LogP contribution in [-0.2, 0) is 9.84 Å². The minimum absolute atomic E-state index is 0.0624. The highest BCUT2D eigenvalue weighted by Crippen LogP contribution is 2.38. The summed E-state index contributed by atoms with van der Waals surface area (Å²) in [5, 5.41) is 12.3. The van der Waals surface area contributed by atoms with Crippen LogP contribution in [0.2, 0.25) is 0 Å². The van der Waals surface area contributed by atoms with Crippen molar-refractivity contribution in [1.82, 2.24) is 9.97 Å². The molecule has 0 fully saturated rings. The number of rotatable bonds is 6. The van der Waals surface area contributed by atoms with E-state index in [9.17, 15) is 13.7 Å². The molecule has 6 aromatic carbocycles. The maximum Gasteiger partial charge on any atom is 0.216 e. The predicted octanol–water partition coefficient (Wildman–Crippen LogP) is 9.12. The Bertz CT molecular complexity index is 2390. The third-order valence-electron chi connectivity index (χ3n) is 7.76. The standard InChI is InChI=1S/C39H25N3O2S/c40-26-32(45(43,44)31-16-5-2-6-17-31)25-30-24-29(22-23-34(30)35-19-11-15-27-12-7-8-18-33(27)35)39-38(28-13-3-1-4-14-28)41-36-20-9-10-21-37(36)42-39/h1-25H/b32-25+. The molecule has 0 spiro atoms. The van der Waals surface area contributed by atoms with Crippen molar-refractivity contribution in [2.24, 2.45) is 0 Å². The molecule has 5 nitrogen and oxygen atoms in total. The summed E-state index contributed by atoms with van der Waals surface area (Å²) in [5.41, 5.74) is 6.83.